The lowest BCUT2D eigenvalue weighted by atomic mass is 9.80. The van der Waals surface area contributed by atoms with Crippen LogP contribution in [0.25, 0.3) is 0 Å². The third kappa shape index (κ3) is 8.64. The summed E-state index contributed by atoms with van der Waals surface area (Å²) >= 11 is 0. The van der Waals surface area contributed by atoms with Gasteiger partial charge in [0, 0.05) is 37.8 Å². The van der Waals surface area contributed by atoms with E-state index >= 15 is 0 Å². The van der Waals surface area contributed by atoms with Gasteiger partial charge in [0.05, 0.1) is 28.4 Å². The Labute approximate surface area is 276 Å². The molecule has 2 heterocycles. The van der Waals surface area contributed by atoms with Gasteiger partial charge in [-0.3, -0.25) is 4.79 Å². The van der Waals surface area contributed by atoms with Crippen molar-refractivity contribution < 1.29 is 53.9 Å². The summed E-state index contributed by atoms with van der Waals surface area (Å²) in [7, 11) is 0. The summed E-state index contributed by atoms with van der Waals surface area (Å²) in [6, 6.07) is 4.46. The highest BCUT2D eigenvalue weighted by atomic mass is 19.4. The molecule has 1 aliphatic carbocycles. The Bertz CT molecular complexity index is 1610. The smallest absolute Gasteiger partial charge is 0.416 e. The van der Waals surface area contributed by atoms with Crippen LogP contribution in [0.3, 0.4) is 0 Å². The van der Waals surface area contributed by atoms with Crippen molar-refractivity contribution in [1.29, 1.82) is 0 Å². The summed E-state index contributed by atoms with van der Waals surface area (Å²) in [6.45, 7) is 3.17. The van der Waals surface area contributed by atoms with Gasteiger partial charge in [-0.15, -0.1) is 0 Å². The minimum Gasteiger partial charge on any atom is -0.481 e. The number of benzene rings is 2. The van der Waals surface area contributed by atoms with Crippen LogP contribution in [-0.2, 0) is 29.9 Å². The van der Waals surface area contributed by atoms with E-state index in [0.29, 0.717) is 75.0 Å². The number of aryl methyl sites for hydroxylation is 2. The summed E-state index contributed by atoms with van der Waals surface area (Å²) in [5.74, 6) is -0.717. The fraction of sp³-hybridized carbons (Fsp3) is 0.529. The number of aliphatic carboxylic acids is 1. The number of hydrogen-bond acceptors (Lipinski definition) is 5. The standard InChI is InChI=1S/C34H36F9N3O3/c1-19-10-26-28(46(30-11-20(2)44-49-30)18-23-12-24(32(35,36)37)15-25(13-23)33(38,39)40)4-3-9-45(29(26)16-27(19)34(41,42)43)17-22-7-5-21(6-8-22)14-31(47)48/h10-13,15-16,21-22,28H,3-9,14,17-18H2,1-2H3,(H,47,48)/t21-,22-,28-/m0/s1. The second-order valence-corrected chi connectivity index (χ2v) is 13.2. The van der Waals surface area contributed by atoms with Crippen molar-refractivity contribution in [3.8, 4) is 0 Å². The first-order valence-corrected chi connectivity index (χ1v) is 16.0. The summed E-state index contributed by atoms with van der Waals surface area (Å²) in [5.41, 5.74) is -3.13. The van der Waals surface area contributed by atoms with Crippen LogP contribution < -0.4 is 9.80 Å². The quantitative estimate of drug-likeness (QED) is 0.236. The topological polar surface area (TPSA) is 69.8 Å². The lowest BCUT2D eigenvalue weighted by Gasteiger charge is -2.36. The van der Waals surface area contributed by atoms with Crippen molar-refractivity contribution in [2.45, 2.75) is 89.9 Å². The zero-order valence-electron chi connectivity index (χ0n) is 26.8. The molecule has 1 N–H and O–H groups in total. The molecule has 3 aromatic rings. The Morgan fingerprint density at radius 1 is 0.857 bits per heavy atom. The zero-order valence-corrected chi connectivity index (χ0v) is 26.8. The normalized spacial score (nSPS) is 20.6. The molecule has 0 radical (unpaired) electrons. The highest BCUT2D eigenvalue weighted by Crippen LogP contribution is 2.46. The monoisotopic (exact) mass is 705 g/mol. The van der Waals surface area contributed by atoms with Gasteiger partial charge in [-0.25, -0.2) is 0 Å². The van der Waals surface area contributed by atoms with E-state index in [-0.39, 0.29) is 47.0 Å². The van der Waals surface area contributed by atoms with Gasteiger partial charge in [-0.1, -0.05) is 11.2 Å². The molecule has 1 atom stereocenters. The van der Waals surface area contributed by atoms with Gasteiger partial charge >= 0.3 is 24.5 Å². The highest BCUT2D eigenvalue weighted by molar-refractivity contribution is 5.67. The maximum atomic E-state index is 14.2. The van der Waals surface area contributed by atoms with E-state index in [1.807, 2.05) is 4.90 Å². The van der Waals surface area contributed by atoms with Gasteiger partial charge in [0.25, 0.3) is 0 Å². The van der Waals surface area contributed by atoms with Crippen LogP contribution in [0.1, 0.15) is 90.1 Å². The second-order valence-electron chi connectivity index (χ2n) is 13.2. The Kier molecular flexibility index (Phi) is 10.2. The Hall–Kier alpha value is -3.91. The number of carboxylic acid groups (broad SMARTS) is 1. The van der Waals surface area contributed by atoms with E-state index in [4.69, 9.17) is 4.52 Å². The van der Waals surface area contributed by atoms with E-state index < -0.39 is 53.8 Å². The molecule has 0 bridgehead atoms. The van der Waals surface area contributed by atoms with Crippen LogP contribution in [0.5, 0.6) is 0 Å². The number of carbonyl (C=O) groups is 1. The number of halogens is 9. The fourth-order valence-electron chi connectivity index (χ4n) is 7.14. The third-order valence-corrected chi connectivity index (χ3v) is 9.47. The van der Waals surface area contributed by atoms with Gasteiger partial charge < -0.3 is 19.4 Å². The maximum absolute atomic E-state index is 14.2. The predicted octanol–water partition coefficient (Wildman–Crippen LogP) is 9.98. The number of carboxylic acids is 1. The lowest BCUT2D eigenvalue weighted by Crippen LogP contribution is -2.33. The number of alkyl halides is 9. The molecule has 1 fully saturated rings. The minimum atomic E-state index is -5.07. The SMILES string of the molecule is Cc1cc(N(Cc2cc(C(F)(F)F)cc(C(F)(F)F)c2)[C@H]2CCCN(C[C@H]3CC[C@H](CC(=O)O)CC3)c3cc(C(F)(F)F)c(C)cc32)on1. The molecule has 0 saturated heterocycles. The van der Waals surface area contributed by atoms with Crippen LogP contribution in [0, 0.1) is 25.7 Å². The average molecular weight is 706 g/mol. The molecule has 1 aliphatic heterocycles. The van der Waals surface area contributed by atoms with Crippen LogP contribution in [0.4, 0.5) is 51.1 Å². The second kappa shape index (κ2) is 13.8. The van der Waals surface area contributed by atoms with Gasteiger partial charge in [0.15, 0.2) is 0 Å². The average Bonchev–Trinajstić information content (AvgIpc) is 3.35. The molecule has 0 unspecified atom stereocenters. The number of fused-ring (bicyclic) bond motifs is 1. The Morgan fingerprint density at radius 3 is 2.00 bits per heavy atom. The van der Waals surface area contributed by atoms with Gasteiger partial charge in [0.2, 0.25) is 5.88 Å². The molecule has 2 aliphatic rings. The molecule has 0 spiro atoms. The van der Waals surface area contributed by atoms with Gasteiger partial charge in [0.1, 0.15) is 0 Å². The molecule has 2 aromatic carbocycles. The first kappa shape index (κ1) is 36.4. The van der Waals surface area contributed by atoms with Crippen LogP contribution in [0.15, 0.2) is 40.9 Å². The van der Waals surface area contributed by atoms with Crippen LogP contribution in [-0.4, -0.2) is 29.3 Å². The largest absolute Gasteiger partial charge is 0.481 e. The van der Waals surface area contributed by atoms with Crippen molar-refractivity contribution in [2.24, 2.45) is 11.8 Å². The van der Waals surface area contributed by atoms with Crippen molar-refractivity contribution in [3.05, 3.63) is 75.5 Å². The summed E-state index contributed by atoms with van der Waals surface area (Å²) in [4.78, 5) is 14.5. The molecule has 0 amide bonds. The molecule has 49 heavy (non-hydrogen) atoms. The highest BCUT2D eigenvalue weighted by Gasteiger charge is 2.40. The number of aromatic nitrogens is 1. The van der Waals surface area contributed by atoms with E-state index in [1.54, 1.807) is 6.92 Å². The Balaban J connectivity index is 1.58. The van der Waals surface area contributed by atoms with E-state index in [9.17, 15) is 49.4 Å². The van der Waals surface area contributed by atoms with Crippen LogP contribution >= 0.6 is 0 Å². The molecule has 1 saturated carbocycles. The summed E-state index contributed by atoms with van der Waals surface area (Å²) in [6.07, 6.45) is -11.3. The molecule has 1 aromatic heterocycles. The molecular formula is C34H36F9N3O3. The van der Waals surface area contributed by atoms with E-state index in [1.165, 1.54) is 24.0 Å². The first-order valence-electron chi connectivity index (χ1n) is 16.0. The van der Waals surface area contributed by atoms with Crippen molar-refractivity contribution in [2.75, 3.05) is 22.9 Å². The number of hydrogen-bond donors (Lipinski definition) is 1. The number of anilines is 2. The predicted molar refractivity (Wildman–Crippen MR) is 162 cm³/mol. The zero-order chi connectivity index (χ0) is 35.9. The molecular weight excluding hydrogens is 669 g/mol. The van der Waals surface area contributed by atoms with Crippen molar-refractivity contribution >= 4 is 17.5 Å². The van der Waals surface area contributed by atoms with Crippen molar-refractivity contribution in [3.63, 3.8) is 0 Å². The van der Waals surface area contributed by atoms with Gasteiger partial charge in [-0.2, -0.15) is 39.5 Å². The van der Waals surface area contributed by atoms with Gasteiger partial charge in [-0.05, 0) is 105 Å². The number of rotatable bonds is 8. The first-order chi connectivity index (χ1) is 22.8. The van der Waals surface area contributed by atoms with Crippen molar-refractivity contribution in [1.82, 2.24) is 5.16 Å². The molecule has 268 valence electrons. The lowest BCUT2D eigenvalue weighted by molar-refractivity contribution is -0.143. The molecule has 6 nitrogen and oxygen atoms in total. The van der Waals surface area contributed by atoms with Crippen LogP contribution in [0.2, 0.25) is 0 Å². The minimum absolute atomic E-state index is 0.0293. The Morgan fingerprint density at radius 2 is 1.47 bits per heavy atom. The summed E-state index contributed by atoms with van der Waals surface area (Å²) in [5, 5.41) is 13.1. The molecule has 15 heteroatoms. The van der Waals surface area contributed by atoms with E-state index in [0.717, 1.165) is 6.07 Å². The summed E-state index contributed by atoms with van der Waals surface area (Å²) < 4.78 is 131. The maximum Gasteiger partial charge on any atom is 0.416 e. The fourth-order valence-corrected chi connectivity index (χ4v) is 7.14. The van der Waals surface area contributed by atoms with E-state index in [2.05, 4.69) is 5.16 Å². The molecule has 5 rings (SSSR count). The number of nitrogens with zero attached hydrogens (tertiary/aromatic N) is 3. The third-order valence-electron chi connectivity index (χ3n) is 9.47.